The molecular formula is C24H18N2O3. The van der Waals surface area contributed by atoms with Crippen molar-refractivity contribution in [2.45, 2.75) is 5.92 Å². The average molecular weight is 382 g/mol. The van der Waals surface area contributed by atoms with E-state index in [9.17, 15) is 9.59 Å². The number of nitrogens with zero attached hydrogens (tertiary/aromatic N) is 1. The Hall–Kier alpha value is -3.91. The zero-order valence-electron chi connectivity index (χ0n) is 15.6. The highest BCUT2D eigenvalue weighted by Crippen LogP contribution is 2.44. The summed E-state index contributed by atoms with van der Waals surface area (Å²) in [6, 6.07) is 19.7. The molecule has 1 aliphatic carbocycles. The fourth-order valence-electron chi connectivity index (χ4n) is 3.46. The van der Waals surface area contributed by atoms with E-state index in [-0.39, 0.29) is 19.1 Å². The Balaban J connectivity index is 1.33. The van der Waals surface area contributed by atoms with Gasteiger partial charge in [0.05, 0.1) is 6.54 Å². The van der Waals surface area contributed by atoms with Crippen LogP contribution in [-0.2, 0) is 4.74 Å². The maximum atomic E-state index is 12.1. The quantitative estimate of drug-likeness (QED) is 0.551. The first kappa shape index (κ1) is 18.5. The number of alkyl carbamates (subject to hydrolysis) is 1. The fourth-order valence-corrected chi connectivity index (χ4v) is 3.46. The van der Waals surface area contributed by atoms with Gasteiger partial charge in [-0.3, -0.25) is 9.78 Å². The first-order chi connectivity index (χ1) is 14.3. The minimum absolute atomic E-state index is 0.0293. The number of nitrogens with one attached hydrogen (secondary N) is 1. The lowest BCUT2D eigenvalue weighted by Crippen LogP contribution is -2.26. The number of carbonyl (C=O) groups excluding carboxylic acids is 2. The van der Waals surface area contributed by atoms with Gasteiger partial charge in [0.1, 0.15) is 12.3 Å². The van der Waals surface area contributed by atoms with Crippen molar-refractivity contribution in [2.24, 2.45) is 0 Å². The lowest BCUT2D eigenvalue weighted by Gasteiger charge is -2.14. The zero-order chi connectivity index (χ0) is 20.1. The summed E-state index contributed by atoms with van der Waals surface area (Å²) in [7, 11) is 0. The number of carbonyl (C=O) groups is 2. The van der Waals surface area contributed by atoms with E-state index in [1.807, 2.05) is 24.3 Å². The van der Waals surface area contributed by atoms with Crippen LogP contribution in [0.5, 0.6) is 0 Å². The van der Waals surface area contributed by atoms with Crippen LogP contribution in [0.25, 0.3) is 11.1 Å². The Kier molecular flexibility index (Phi) is 5.35. The second-order valence-electron chi connectivity index (χ2n) is 6.57. The van der Waals surface area contributed by atoms with E-state index in [0.717, 1.165) is 0 Å². The summed E-state index contributed by atoms with van der Waals surface area (Å²) < 4.78 is 5.45. The largest absolute Gasteiger partial charge is 0.449 e. The molecule has 1 heterocycles. The summed E-state index contributed by atoms with van der Waals surface area (Å²) in [5.41, 5.74) is 5.76. The first-order valence-corrected chi connectivity index (χ1v) is 9.25. The molecule has 0 fully saturated rings. The van der Waals surface area contributed by atoms with Crippen LogP contribution in [0.2, 0.25) is 0 Å². The molecule has 1 aliphatic rings. The number of aromatic nitrogens is 1. The standard InChI is InChI=1S/C24H18N2O3/c27-15-18-12-11-17(14-26-18)6-5-13-25-24(28)29-16-23-21-9-3-1-7-19(21)20-8-2-4-10-22(20)23/h1-4,7-12,14-15,23H,13,16H2,(H,25,28). The van der Waals surface area contributed by atoms with Crippen LogP contribution < -0.4 is 5.32 Å². The van der Waals surface area contributed by atoms with Crippen molar-refractivity contribution in [3.63, 3.8) is 0 Å². The second-order valence-corrected chi connectivity index (χ2v) is 6.57. The van der Waals surface area contributed by atoms with Gasteiger partial charge in [-0.05, 0) is 34.4 Å². The number of aldehydes is 1. The maximum Gasteiger partial charge on any atom is 0.407 e. The van der Waals surface area contributed by atoms with Gasteiger partial charge >= 0.3 is 6.09 Å². The predicted octanol–water partition coefficient (Wildman–Crippen LogP) is 3.78. The van der Waals surface area contributed by atoms with Crippen LogP contribution in [0.3, 0.4) is 0 Å². The van der Waals surface area contributed by atoms with Crippen molar-refractivity contribution in [2.75, 3.05) is 13.2 Å². The van der Waals surface area contributed by atoms with Gasteiger partial charge in [-0.1, -0.05) is 60.4 Å². The monoisotopic (exact) mass is 382 g/mol. The number of benzene rings is 2. The molecule has 1 amide bonds. The lowest BCUT2D eigenvalue weighted by molar-refractivity contribution is 0.111. The third-order valence-electron chi connectivity index (χ3n) is 4.80. The molecule has 4 rings (SSSR count). The predicted molar refractivity (Wildman–Crippen MR) is 110 cm³/mol. The molecule has 142 valence electrons. The second kappa shape index (κ2) is 8.41. The molecule has 1 N–H and O–H groups in total. The van der Waals surface area contributed by atoms with Crippen LogP contribution in [0.4, 0.5) is 4.79 Å². The van der Waals surface area contributed by atoms with E-state index in [1.54, 1.807) is 12.1 Å². The SMILES string of the molecule is O=Cc1ccc(C#CCNC(=O)OCC2c3ccccc3-c3ccccc32)cn1. The minimum Gasteiger partial charge on any atom is -0.449 e. The Bertz CT molecular complexity index is 1070. The van der Waals surface area contributed by atoms with Crippen molar-refractivity contribution in [3.05, 3.63) is 89.2 Å². The van der Waals surface area contributed by atoms with Crippen molar-refractivity contribution in [1.29, 1.82) is 0 Å². The van der Waals surface area contributed by atoms with E-state index in [2.05, 4.69) is 46.4 Å². The van der Waals surface area contributed by atoms with E-state index < -0.39 is 6.09 Å². The van der Waals surface area contributed by atoms with Gasteiger partial charge in [0, 0.05) is 17.7 Å². The Morgan fingerprint density at radius 1 is 1.03 bits per heavy atom. The van der Waals surface area contributed by atoms with Crippen LogP contribution in [0.1, 0.15) is 33.1 Å². The molecule has 5 heteroatoms. The Labute approximate surface area is 168 Å². The molecule has 1 aromatic heterocycles. The van der Waals surface area contributed by atoms with E-state index in [4.69, 9.17) is 4.74 Å². The van der Waals surface area contributed by atoms with Crippen LogP contribution in [0, 0.1) is 11.8 Å². The number of rotatable bonds is 4. The summed E-state index contributed by atoms with van der Waals surface area (Å²) >= 11 is 0. The summed E-state index contributed by atoms with van der Waals surface area (Å²) in [6.45, 7) is 0.427. The van der Waals surface area contributed by atoms with E-state index >= 15 is 0 Å². The summed E-state index contributed by atoms with van der Waals surface area (Å²) in [4.78, 5) is 26.6. The average Bonchev–Trinajstić information content (AvgIpc) is 3.09. The molecular weight excluding hydrogens is 364 g/mol. The van der Waals surface area contributed by atoms with Gasteiger partial charge in [0.2, 0.25) is 0 Å². The molecule has 29 heavy (non-hydrogen) atoms. The molecule has 0 radical (unpaired) electrons. The molecule has 0 aliphatic heterocycles. The Morgan fingerprint density at radius 3 is 2.34 bits per heavy atom. The van der Waals surface area contributed by atoms with Gasteiger partial charge in [-0.15, -0.1) is 0 Å². The summed E-state index contributed by atoms with van der Waals surface area (Å²) in [5.74, 6) is 5.74. The molecule has 5 nitrogen and oxygen atoms in total. The third kappa shape index (κ3) is 4.02. The normalized spacial score (nSPS) is 11.6. The molecule has 0 bridgehead atoms. The van der Waals surface area contributed by atoms with Crippen LogP contribution in [-0.4, -0.2) is 30.5 Å². The van der Waals surface area contributed by atoms with Gasteiger partial charge in [0.25, 0.3) is 0 Å². The topological polar surface area (TPSA) is 68.3 Å². The number of hydrogen-bond acceptors (Lipinski definition) is 4. The van der Waals surface area contributed by atoms with Crippen molar-refractivity contribution >= 4 is 12.4 Å². The molecule has 0 saturated heterocycles. The highest BCUT2D eigenvalue weighted by atomic mass is 16.5. The molecule has 0 atom stereocenters. The Morgan fingerprint density at radius 2 is 1.72 bits per heavy atom. The number of ether oxygens (including phenoxy) is 1. The number of amides is 1. The van der Waals surface area contributed by atoms with Gasteiger partial charge in [-0.25, -0.2) is 4.79 Å². The maximum absolute atomic E-state index is 12.1. The van der Waals surface area contributed by atoms with Crippen LogP contribution >= 0.6 is 0 Å². The van der Waals surface area contributed by atoms with Crippen LogP contribution in [0.15, 0.2) is 66.9 Å². The summed E-state index contributed by atoms with van der Waals surface area (Å²) in [5, 5.41) is 2.64. The van der Waals surface area contributed by atoms with Crippen molar-refractivity contribution < 1.29 is 14.3 Å². The molecule has 2 aromatic carbocycles. The number of hydrogen-bond donors (Lipinski definition) is 1. The minimum atomic E-state index is -0.504. The van der Waals surface area contributed by atoms with Crippen molar-refractivity contribution in [3.8, 4) is 23.0 Å². The number of pyridine rings is 1. The fraction of sp³-hybridized carbons (Fsp3) is 0.125. The molecule has 0 spiro atoms. The van der Waals surface area contributed by atoms with Gasteiger partial charge < -0.3 is 10.1 Å². The van der Waals surface area contributed by atoms with Crippen molar-refractivity contribution in [1.82, 2.24) is 10.3 Å². The highest BCUT2D eigenvalue weighted by molar-refractivity contribution is 5.79. The lowest BCUT2D eigenvalue weighted by atomic mass is 9.98. The van der Waals surface area contributed by atoms with E-state index in [1.165, 1.54) is 28.5 Å². The summed E-state index contributed by atoms with van der Waals surface area (Å²) in [6.07, 6.45) is 1.69. The molecule has 0 saturated carbocycles. The number of fused-ring (bicyclic) bond motifs is 3. The zero-order valence-corrected chi connectivity index (χ0v) is 15.6. The smallest absolute Gasteiger partial charge is 0.407 e. The first-order valence-electron chi connectivity index (χ1n) is 9.25. The third-order valence-corrected chi connectivity index (χ3v) is 4.80. The highest BCUT2D eigenvalue weighted by Gasteiger charge is 2.28. The van der Waals surface area contributed by atoms with E-state index in [0.29, 0.717) is 17.5 Å². The van der Waals surface area contributed by atoms with Gasteiger partial charge in [0.15, 0.2) is 6.29 Å². The molecule has 3 aromatic rings. The van der Waals surface area contributed by atoms with Gasteiger partial charge in [-0.2, -0.15) is 0 Å². The molecule has 0 unspecified atom stereocenters.